The molecule has 0 spiro atoms. The summed E-state index contributed by atoms with van der Waals surface area (Å²) in [5, 5.41) is 13.9. The van der Waals surface area contributed by atoms with Crippen molar-refractivity contribution >= 4 is 17.4 Å². The maximum Gasteiger partial charge on any atom is 0.323 e. The third-order valence-corrected chi connectivity index (χ3v) is 4.65. The Bertz CT molecular complexity index is 1150. The van der Waals surface area contributed by atoms with Crippen LogP contribution < -0.4 is 15.4 Å². The molecule has 0 aliphatic rings. The van der Waals surface area contributed by atoms with Crippen molar-refractivity contribution in [1.29, 1.82) is 0 Å². The monoisotopic (exact) mass is 414 g/mol. The van der Waals surface area contributed by atoms with E-state index >= 15 is 0 Å². The summed E-state index contributed by atoms with van der Waals surface area (Å²) < 4.78 is 7.57. The number of urea groups is 1. The second kappa shape index (κ2) is 9.08. The van der Waals surface area contributed by atoms with Crippen molar-refractivity contribution in [2.75, 3.05) is 10.6 Å². The fourth-order valence-electron chi connectivity index (χ4n) is 2.96. The molecule has 0 aliphatic carbocycles. The molecule has 2 amide bonds. The lowest BCUT2D eigenvalue weighted by Crippen LogP contribution is -2.19. The first kappa shape index (κ1) is 20.1. The molecule has 2 aromatic heterocycles. The molecule has 0 saturated carbocycles. The zero-order valence-corrected chi connectivity index (χ0v) is 17.2. The van der Waals surface area contributed by atoms with Gasteiger partial charge in [-0.05, 0) is 61.4 Å². The molecule has 31 heavy (non-hydrogen) atoms. The van der Waals surface area contributed by atoms with Gasteiger partial charge in [0.25, 0.3) is 0 Å². The lowest BCUT2D eigenvalue weighted by Gasteiger charge is -2.09. The average molecular weight is 414 g/mol. The van der Waals surface area contributed by atoms with Gasteiger partial charge < -0.3 is 15.4 Å². The van der Waals surface area contributed by atoms with Crippen LogP contribution in [0.1, 0.15) is 18.3 Å². The first-order valence-electron chi connectivity index (χ1n) is 9.89. The molecule has 0 bridgehead atoms. The number of benzene rings is 2. The van der Waals surface area contributed by atoms with E-state index in [2.05, 4.69) is 32.7 Å². The number of aryl methyl sites for hydroxylation is 2. The smallest absolute Gasteiger partial charge is 0.323 e. The second-order valence-electron chi connectivity index (χ2n) is 6.83. The molecular formula is C23H22N6O2. The normalized spacial score (nSPS) is 10.5. The van der Waals surface area contributed by atoms with Crippen LogP contribution in [0.2, 0.25) is 0 Å². The third-order valence-electron chi connectivity index (χ3n) is 4.65. The highest BCUT2D eigenvalue weighted by Crippen LogP contribution is 2.22. The van der Waals surface area contributed by atoms with E-state index in [1.807, 2.05) is 48.0 Å². The van der Waals surface area contributed by atoms with E-state index in [4.69, 9.17) is 4.74 Å². The third kappa shape index (κ3) is 5.05. The molecule has 8 nitrogen and oxygen atoms in total. The van der Waals surface area contributed by atoms with Gasteiger partial charge in [0.05, 0.1) is 0 Å². The summed E-state index contributed by atoms with van der Waals surface area (Å²) in [7, 11) is 0. The van der Waals surface area contributed by atoms with Crippen molar-refractivity contribution in [2.45, 2.75) is 20.3 Å². The van der Waals surface area contributed by atoms with Gasteiger partial charge in [-0.3, -0.25) is 4.57 Å². The van der Waals surface area contributed by atoms with Crippen LogP contribution in [0.5, 0.6) is 11.6 Å². The molecule has 0 fully saturated rings. The Morgan fingerprint density at radius 2 is 1.61 bits per heavy atom. The van der Waals surface area contributed by atoms with E-state index in [0.29, 0.717) is 23.1 Å². The number of rotatable bonds is 6. The number of anilines is 2. The zero-order valence-electron chi connectivity index (χ0n) is 17.2. The fraction of sp³-hybridized carbons (Fsp3) is 0.130. The second-order valence-corrected chi connectivity index (χ2v) is 6.83. The van der Waals surface area contributed by atoms with Crippen LogP contribution in [0.15, 0.2) is 73.1 Å². The Morgan fingerprint density at radius 1 is 0.935 bits per heavy atom. The van der Waals surface area contributed by atoms with Gasteiger partial charge in [-0.1, -0.05) is 19.1 Å². The lowest BCUT2D eigenvalue weighted by molar-refractivity contribution is 0.262. The van der Waals surface area contributed by atoms with Crippen molar-refractivity contribution in [3.63, 3.8) is 0 Å². The van der Waals surface area contributed by atoms with E-state index in [1.54, 1.807) is 36.5 Å². The number of nitrogens with zero attached hydrogens (tertiary/aromatic N) is 4. The number of hydrogen-bond donors (Lipinski definition) is 2. The number of imidazole rings is 1. The van der Waals surface area contributed by atoms with Crippen molar-refractivity contribution in [3.8, 4) is 17.4 Å². The number of amides is 2. The topological polar surface area (TPSA) is 94.0 Å². The van der Waals surface area contributed by atoms with Gasteiger partial charge in [-0.25, -0.2) is 9.78 Å². The Kier molecular flexibility index (Phi) is 5.89. The van der Waals surface area contributed by atoms with Crippen LogP contribution in [0.25, 0.3) is 5.82 Å². The summed E-state index contributed by atoms with van der Waals surface area (Å²) in [5.41, 5.74) is 2.60. The molecule has 0 atom stereocenters. The molecule has 2 aromatic carbocycles. The minimum Gasteiger partial charge on any atom is -0.438 e. The van der Waals surface area contributed by atoms with Crippen LogP contribution in [0.3, 0.4) is 0 Å². The van der Waals surface area contributed by atoms with Crippen LogP contribution >= 0.6 is 0 Å². The van der Waals surface area contributed by atoms with Crippen LogP contribution in [0, 0.1) is 6.92 Å². The zero-order chi connectivity index (χ0) is 21.6. The Hall–Kier alpha value is -4.20. The number of carbonyl (C=O) groups is 1. The number of carbonyl (C=O) groups excluding carboxylic acids is 1. The molecule has 156 valence electrons. The predicted molar refractivity (Wildman–Crippen MR) is 119 cm³/mol. The largest absolute Gasteiger partial charge is 0.438 e. The van der Waals surface area contributed by atoms with Gasteiger partial charge in [0.1, 0.15) is 11.6 Å². The van der Waals surface area contributed by atoms with E-state index in [0.717, 1.165) is 17.9 Å². The minimum absolute atomic E-state index is 0.311. The Balaban J connectivity index is 1.33. The molecule has 2 N–H and O–H groups in total. The molecule has 4 rings (SSSR count). The first-order valence-corrected chi connectivity index (χ1v) is 9.89. The quantitative estimate of drug-likeness (QED) is 0.465. The fourth-order valence-corrected chi connectivity index (χ4v) is 2.96. The van der Waals surface area contributed by atoms with Gasteiger partial charge >= 0.3 is 6.03 Å². The van der Waals surface area contributed by atoms with Crippen LogP contribution in [-0.4, -0.2) is 25.8 Å². The van der Waals surface area contributed by atoms with Gasteiger partial charge in [-0.2, -0.15) is 0 Å². The van der Waals surface area contributed by atoms with Gasteiger partial charge in [-0.15, -0.1) is 10.2 Å². The van der Waals surface area contributed by atoms with Crippen LogP contribution in [-0.2, 0) is 6.42 Å². The van der Waals surface area contributed by atoms with E-state index in [-0.39, 0.29) is 6.03 Å². The summed E-state index contributed by atoms with van der Waals surface area (Å²) in [4.78, 5) is 16.4. The minimum atomic E-state index is -0.311. The summed E-state index contributed by atoms with van der Waals surface area (Å²) in [6.45, 7) is 3.98. The number of hydrogen-bond acceptors (Lipinski definition) is 5. The van der Waals surface area contributed by atoms with Gasteiger partial charge in [0, 0.05) is 29.8 Å². The highest BCUT2D eigenvalue weighted by atomic mass is 16.5. The van der Waals surface area contributed by atoms with E-state index in [1.165, 1.54) is 5.56 Å². The van der Waals surface area contributed by atoms with Crippen molar-refractivity contribution in [2.24, 2.45) is 0 Å². The summed E-state index contributed by atoms with van der Waals surface area (Å²) in [6, 6.07) is 18.0. The Labute approximate surface area is 179 Å². The molecule has 0 unspecified atom stereocenters. The highest BCUT2D eigenvalue weighted by Gasteiger charge is 2.06. The van der Waals surface area contributed by atoms with Gasteiger partial charge in [0.2, 0.25) is 5.88 Å². The van der Waals surface area contributed by atoms with E-state index in [9.17, 15) is 4.79 Å². The summed E-state index contributed by atoms with van der Waals surface area (Å²) in [5.74, 6) is 2.45. The van der Waals surface area contributed by atoms with Gasteiger partial charge in [0.15, 0.2) is 5.82 Å². The van der Waals surface area contributed by atoms with Crippen molar-refractivity contribution < 1.29 is 9.53 Å². The summed E-state index contributed by atoms with van der Waals surface area (Å²) >= 11 is 0. The number of ether oxygens (including phenoxy) is 1. The highest BCUT2D eigenvalue weighted by molar-refractivity contribution is 5.99. The molecule has 0 radical (unpaired) electrons. The van der Waals surface area contributed by atoms with Crippen LogP contribution in [0.4, 0.5) is 16.2 Å². The summed E-state index contributed by atoms with van der Waals surface area (Å²) in [6.07, 6.45) is 4.49. The van der Waals surface area contributed by atoms with E-state index < -0.39 is 0 Å². The average Bonchev–Trinajstić information content (AvgIpc) is 3.22. The van der Waals surface area contributed by atoms with Crippen molar-refractivity contribution in [3.05, 3.63) is 84.4 Å². The maximum absolute atomic E-state index is 12.2. The Morgan fingerprint density at radius 3 is 2.16 bits per heavy atom. The predicted octanol–water partition coefficient (Wildman–Crippen LogP) is 4.97. The lowest BCUT2D eigenvalue weighted by atomic mass is 10.1. The molecule has 4 aromatic rings. The van der Waals surface area contributed by atoms with Crippen molar-refractivity contribution in [1.82, 2.24) is 19.7 Å². The molecule has 8 heteroatoms. The number of aromatic nitrogens is 4. The molecule has 2 heterocycles. The standard InChI is InChI=1S/C23H22N6O2/c1-3-17-4-6-18(7-5-17)25-23(30)26-19-8-10-20(11-9-19)31-22-13-12-21(27-28-22)29-15-14-24-16(29)2/h4-15H,3H2,1-2H3,(H2,25,26,30). The molecule has 0 saturated heterocycles. The molecular weight excluding hydrogens is 392 g/mol. The maximum atomic E-state index is 12.2. The molecule has 0 aliphatic heterocycles. The SMILES string of the molecule is CCc1ccc(NC(=O)Nc2ccc(Oc3ccc(-n4ccnc4C)nn3)cc2)cc1. The first-order chi connectivity index (χ1) is 15.1. The number of nitrogens with one attached hydrogen (secondary N) is 2.